The standard InChI is InChI=1S/C49H60N8O9S/c1-31-43(67-30-53-31)34-15-13-33(14-16-34)28-52-47(62)39-26-36(58)29-57(39)48(63)44(49(2,3)4)54-42(60)10-7-21-64-24-25-65-23-20-51-46(61)35-17-11-32(12-18-35)19-22-66-41-27-38(55-56-45(41)50)37-8-5-6-9-40(37)59/h5-6,8-9,11-18,27,30,36,39,44,58-59H,7,10,19-26,28-29H2,1-4H3,(H2,50,56)(H,51,61)(H,52,62)(H,54,60)/t36-,39+,44-/m1/s1. The summed E-state index contributed by atoms with van der Waals surface area (Å²) in [6, 6.07) is 21.7. The number of hydrogen-bond donors (Lipinski definition) is 6. The van der Waals surface area contributed by atoms with Gasteiger partial charge in [0.25, 0.3) is 5.91 Å². The van der Waals surface area contributed by atoms with Crippen LogP contribution in [0.1, 0.15) is 67.2 Å². The number of carbonyl (C=O) groups is 4. The summed E-state index contributed by atoms with van der Waals surface area (Å²) in [6.45, 7) is 9.53. The van der Waals surface area contributed by atoms with Gasteiger partial charge in [-0.1, -0.05) is 69.3 Å². The number of aromatic hydroxyl groups is 1. The van der Waals surface area contributed by atoms with Crippen molar-refractivity contribution in [2.24, 2.45) is 5.41 Å². The molecule has 3 atom stereocenters. The van der Waals surface area contributed by atoms with Gasteiger partial charge in [0, 0.05) is 62.7 Å². The average Bonchev–Trinajstić information content (AvgIpc) is 3.93. The molecule has 7 N–H and O–H groups in total. The number of thiazole rings is 1. The first-order valence-corrected chi connectivity index (χ1v) is 23.2. The van der Waals surface area contributed by atoms with Gasteiger partial charge in [0.2, 0.25) is 17.7 Å². The van der Waals surface area contributed by atoms with Crippen molar-refractivity contribution in [2.75, 3.05) is 51.9 Å². The number of aliphatic hydroxyl groups excluding tert-OH is 1. The molecule has 0 aliphatic carbocycles. The molecule has 3 aromatic carbocycles. The van der Waals surface area contributed by atoms with Crippen molar-refractivity contribution < 1.29 is 43.6 Å². The van der Waals surface area contributed by atoms with Crippen LogP contribution in [0.4, 0.5) is 5.82 Å². The summed E-state index contributed by atoms with van der Waals surface area (Å²) in [5.74, 6) is -0.772. The summed E-state index contributed by atoms with van der Waals surface area (Å²) in [7, 11) is 0. The summed E-state index contributed by atoms with van der Waals surface area (Å²) in [5, 5.41) is 37.4. The molecule has 356 valence electrons. The molecular formula is C49H60N8O9S. The molecule has 4 amide bonds. The van der Waals surface area contributed by atoms with E-state index in [2.05, 4.69) is 31.1 Å². The Hall–Kier alpha value is -6.47. The number of rotatable bonds is 22. The minimum atomic E-state index is -0.923. The van der Waals surface area contributed by atoms with Gasteiger partial charge in [-0.05, 0) is 59.7 Å². The fourth-order valence-electron chi connectivity index (χ4n) is 7.43. The van der Waals surface area contributed by atoms with Crippen molar-refractivity contribution in [1.29, 1.82) is 0 Å². The predicted octanol–water partition coefficient (Wildman–Crippen LogP) is 4.84. The number of nitrogens with one attached hydrogen (secondary N) is 3. The Morgan fingerprint density at radius 3 is 2.33 bits per heavy atom. The first-order chi connectivity index (χ1) is 32.2. The molecule has 1 aliphatic rings. The Bertz CT molecular complexity index is 2440. The molecule has 1 saturated heterocycles. The lowest BCUT2D eigenvalue weighted by atomic mass is 9.85. The van der Waals surface area contributed by atoms with Crippen molar-refractivity contribution in [1.82, 2.24) is 36.0 Å². The van der Waals surface area contributed by atoms with Gasteiger partial charge < -0.3 is 51.0 Å². The molecule has 5 aromatic rings. The molecule has 67 heavy (non-hydrogen) atoms. The quantitative estimate of drug-likeness (QED) is 0.0510. The zero-order valence-electron chi connectivity index (χ0n) is 38.3. The molecule has 1 fully saturated rings. The summed E-state index contributed by atoms with van der Waals surface area (Å²) in [6.07, 6.45) is 0.324. The lowest BCUT2D eigenvalue weighted by molar-refractivity contribution is -0.144. The Balaban J connectivity index is 0.830. The van der Waals surface area contributed by atoms with Crippen LogP contribution in [0.15, 0.2) is 84.4 Å². The number of amides is 4. The average molecular weight is 937 g/mol. The number of ether oxygens (including phenoxy) is 3. The van der Waals surface area contributed by atoms with Crippen molar-refractivity contribution in [2.45, 2.75) is 78.1 Å². The molecular weight excluding hydrogens is 877 g/mol. The second-order valence-electron chi connectivity index (χ2n) is 17.3. The molecule has 3 heterocycles. The topological polar surface area (TPSA) is 240 Å². The number of hydrogen-bond acceptors (Lipinski definition) is 14. The zero-order chi connectivity index (χ0) is 47.9. The number of carbonyl (C=O) groups excluding carboxylic acids is 4. The minimum Gasteiger partial charge on any atom is -0.507 e. The number of nitrogens with two attached hydrogens (primary N) is 1. The molecule has 1 aliphatic heterocycles. The Morgan fingerprint density at radius 2 is 1.63 bits per heavy atom. The van der Waals surface area contributed by atoms with E-state index in [4.69, 9.17) is 19.9 Å². The molecule has 0 saturated carbocycles. The molecule has 18 heteroatoms. The van der Waals surface area contributed by atoms with E-state index in [0.29, 0.717) is 68.4 Å². The fourth-order valence-corrected chi connectivity index (χ4v) is 8.24. The van der Waals surface area contributed by atoms with E-state index < -0.39 is 29.5 Å². The number of nitrogen functional groups attached to an aromatic ring is 1. The van der Waals surface area contributed by atoms with Gasteiger partial charge in [0.15, 0.2) is 11.6 Å². The van der Waals surface area contributed by atoms with Crippen LogP contribution in [-0.2, 0) is 36.8 Å². The monoisotopic (exact) mass is 936 g/mol. The highest BCUT2D eigenvalue weighted by Crippen LogP contribution is 2.31. The van der Waals surface area contributed by atoms with Crippen molar-refractivity contribution in [3.8, 4) is 33.2 Å². The van der Waals surface area contributed by atoms with E-state index in [-0.39, 0.29) is 61.8 Å². The van der Waals surface area contributed by atoms with E-state index in [1.54, 1.807) is 53.8 Å². The van der Waals surface area contributed by atoms with Crippen molar-refractivity contribution in [3.63, 3.8) is 0 Å². The number of phenols is 1. The molecule has 0 unspecified atom stereocenters. The maximum absolute atomic E-state index is 13.9. The second kappa shape index (κ2) is 23.8. The van der Waals surface area contributed by atoms with Crippen LogP contribution >= 0.6 is 11.3 Å². The van der Waals surface area contributed by atoms with Crippen LogP contribution in [0.5, 0.6) is 11.5 Å². The van der Waals surface area contributed by atoms with Crippen LogP contribution in [-0.4, -0.2) is 118 Å². The number of aromatic nitrogens is 3. The van der Waals surface area contributed by atoms with Crippen LogP contribution in [0, 0.1) is 12.3 Å². The number of likely N-dealkylation sites (tertiary alicyclic amines) is 1. The van der Waals surface area contributed by atoms with E-state index in [1.165, 1.54) is 4.90 Å². The summed E-state index contributed by atoms with van der Waals surface area (Å²) < 4.78 is 17.1. The van der Waals surface area contributed by atoms with Crippen LogP contribution < -0.4 is 26.4 Å². The molecule has 2 aromatic heterocycles. The Morgan fingerprint density at radius 1 is 0.910 bits per heavy atom. The predicted molar refractivity (Wildman–Crippen MR) is 254 cm³/mol. The number of benzene rings is 3. The van der Waals surface area contributed by atoms with E-state index in [9.17, 15) is 29.4 Å². The summed E-state index contributed by atoms with van der Waals surface area (Å²) in [5.41, 5.74) is 12.4. The summed E-state index contributed by atoms with van der Waals surface area (Å²) >= 11 is 1.57. The first kappa shape index (κ1) is 50.0. The van der Waals surface area contributed by atoms with Gasteiger partial charge in [-0.2, -0.15) is 0 Å². The van der Waals surface area contributed by atoms with Crippen LogP contribution in [0.25, 0.3) is 21.7 Å². The van der Waals surface area contributed by atoms with Gasteiger partial charge in [-0.15, -0.1) is 21.5 Å². The summed E-state index contributed by atoms with van der Waals surface area (Å²) in [4.78, 5) is 59.9. The number of β-amino-alcohol motifs (C(OH)–C–C–N with tert-alkyl or cyclic N) is 1. The number of aryl methyl sites for hydroxylation is 1. The molecule has 0 spiro atoms. The zero-order valence-corrected chi connectivity index (χ0v) is 39.1. The highest BCUT2D eigenvalue weighted by molar-refractivity contribution is 7.13. The normalized spacial score (nSPS) is 15.2. The number of nitrogens with zero attached hydrogens (tertiary/aromatic N) is 4. The smallest absolute Gasteiger partial charge is 0.251 e. The third-order valence-electron chi connectivity index (χ3n) is 11.1. The van der Waals surface area contributed by atoms with Crippen LogP contribution in [0.2, 0.25) is 0 Å². The van der Waals surface area contributed by atoms with Gasteiger partial charge in [0.1, 0.15) is 23.5 Å². The number of para-hydroxylation sites is 1. The Labute approximate surface area is 394 Å². The third-order valence-corrected chi connectivity index (χ3v) is 12.1. The Kier molecular flexibility index (Phi) is 17.8. The van der Waals surface area contributed by atoms with Gasteiger partial charge >= 0.3 is 0 Å². The SMILES string of the molecule is Cc1ncsc1-c1ccc(CNC(=O)[C@@H]2C[C@@H](O)CN2C(=O)[C@@H](NC(=O)CCCOCCOCCNC(=O)c2ccc(CCOc3cc(-c4ccccc4O)nnc3N)cc2)C(C)(C)C)cc1. The van der Waals surface area contributed by atoms with E-state index in [0.717, 1.165) is 27.3 Å². The van der Waals surface area contributed by atoms with Gasteiger partial charge in [-0.25, -0.2) is 4.98 Å². The number of anilines is 1. The minimum absolute atomic E-state index is 0.00775. The van der Waals surface area contributed by atoms with Crippen LogP contribution in [0.3, 0.4) is 0 Å². The van der Waals surface area contributed by atoms with Crippen molar-refractivity contribution >= 4 is 40.8 Å². The fraction of sp³-hybridized carbons (Fsp3) is 0.408. The second-order valence-corrected chi connectivity index (χ2v) is 18.2. The molecule has 0 bridgehead atoms. The molecule has 17 nitrogen and oxygen atoms in total. The lowest BCUT2D eigenvalue weighted by Gasteiger charge is -2.35. The number of aliphatic hydroxyl groups is 1. The lowest BCUT2D eigenvalue weighted by Crippen LogP contribution is -2.57. The number of phenolic OH excluding ortho intramolecular Hbond substituents is 1. The third kappa shape index (κ3) is 14.3. The molecule has 0 radical (unpaired) electrons. The highest BCUT2D eigenvalue weighted by Gasteiger charge is 2.44. The largest absolute Gasteiger partial charge is 0.507 e. The van der Waals surface area contributed by atoms with Gasteiger partial charge in [0.05, 0.1) is 48.6 Å². The highest BCUT2D eigenvalue weighted by atomic mass is 32.1. The molecule has 6 rings (SSSR count). The first-order valence-electron chi connectivity index (χ1n) is 22.3. The maximum Gasteiger partial charge on any atom is 0.251 e. The maximum atomic E-state index is 13.9. The van der Waals surface area contributed by atoms with Gasteiger partial charge in [-0.3, -0.25) is 19.2 Å². The van der Waals surface area contributed by atoms with E-state index in [1.807, 2.05) is 69.6 Å². The van der Waals surface area contributed by atoms with Crippen molar-refractivity contribution in [3.05, 3.63) is 107 Å². The van der Waals surface area contributed by atoms with E-state index >= 15 is 0 Å².